The summed E-state index contributed by atoms with van der Waals surface area (Å²) < 4.78 is 18.1. The van der Waals surface area contributed by atoms with Crippen molar-refractivity contribution in [1.29, 1.82) is 0 Å². The molecule has 1 heterocycles. The van der Waals surface area contributed by atoms with E-state index in [4.69, 9.17) is 4.74 Å². The lowest BCUT2D eigenvalue weighted by atomic mass is 10.1. The van der Waals surface area contributed by atoms with Crippen molar-refractivity contribution in [2.45, 2.75) is 32.2 Å². The van der Waals surface area contributed by atoms with Gasteiger partial charge in [0.15, 0.2) is 0 Å². The van der Waals surface area contributed by atoms with Gasteiger partial charge < -0.3 is 15.0 Å². The minimum absolute atomic E-state index is 0.192. The summed E-state index contributed by atoms with van der Waals surface area (Å²) in [6.45, 7) is 2.88. The van der Waals surface area contributed by atoms with E-state index < -0.39 is 23.7 Å². The summed E-state index contributed by atoms with van der Waals surface area (Å²) in [5.41, 5.74) is 0.274. The van der Waals surface area contributed by atoms with E-state index >= 15 is 0 Å². The van der Waals surface area contributed by atoms with Gasteiger partial charge >= 0.3 is 5.97 Å². The van der Waals surface area contributed by atoms with Crippen molar-refractivity contribution in [3.63, 3.8) is 0 Å². The normalized spacial score (nSPS) is 17.3. The van der Waals surface area contributed by atoms with Crippen molar-refractivity contribution in [3.05, 3.63) is 35.6 Å². The molecule has 6 nitrogen and oxygen atoms in total. The van der Waals surface area contributed by atoms with E-state index in [1.54, 1.807) is 0 Å². The second-order valence-corrected chi connectivity index (χ2v) is 5.59. The zero-order chi connectivity index (χ0) is 17.5. The Morgan fingerprint density at radius 3 is 2.71 bits per heavy atom. The molecule has 1 aromatic carbocycles. The highest BCUT2D eigenvalue weighted by atomic mass is 19.1. The van der Waals surface area contributed by atoms with Gasteiger partial charge in [-0.3, -0.25) is 14.4 Å². The number of esters is 1. The number of ether oxygens (including phenoxy) is 1. The molecule has 1 aliphatic rings. The summed E-state index contributed by atoms with van der Waals surface area (Å²) in [4.78, 5) is 37.9. The van der Waals surface area contributed by atoms with Crippen LogP contribution in [0.25, 0.3) is 0 Å². The summed E-state index contributed by atoms with van der Waals surface area (Å²) in [5.74, 6) is -1.75. The Kier molecular flexibility index (Phi) is 6.28. The molecule has 1 fully saturated rings. The lowest BCUT2D eigenvalue weighted by Gasteiger charge is -2.34. The van der Waals surface area contributed by atoms with E-state index in [1.807, 2.05) is 6.92 Å². The van der Waals surface area contributed by atoms with Gasteiger partial charge in [-0.25, -0.2) is 4.39 Å². The molecule has 1 N–H and O–H groups in total. The predicted octanol–water partition coefficient (Wildman–Crippen LogP) is 1.50. The lowest BCUT2D eigenvalue weighted by molar-refractivity contribution is -0.147. The number of hydrogen-bond donors (Lipinski definition) is 1. The summed E-state index contributed by atoms with van der Waals surface area (Å²) in [5, 5.41) is 2.65. The number of carbonyl (C=O) groups excluding carboxylic acids is 3. The van der Waals surface area contributed by atoms with Crippen LogP contribution in [0, 0.1) is 5.82 Å². The zero-order valence-corrected chi connectivity index (χ0v) is 13.6. The van der Waals surface area contributed by atoms with Crippen LogP contribution >= 0.6 is 0 Å². The Labute approximate surface area is 140 Å². The zero-order valence-electron chi connectivity index (χ0n) is 13.6. The molecule has 24 heavy (non-hydrogen) atoms. The Balaban J connectivity index is 2.07. The Bertz CT molecular complexity index is 603. The molecule has 0 bridgehead atoms. The molecule has 130 valence electrons. The number of piperazine rings is 1. The van der Waals surface area contributed by atoms with Crippen molar-refractivity contribution in [1.82, 2.24) is 10.2 Å². The quantitative estimate of drug-likeness (QED) is 0.631. The number of nitrogens with one attached hydrogen (secondary N) is 1. The SMILES string of the molecule is CCCCOC(=O)CC1C(=O)NCCN1C(=O)c1ccc(F)cc1. The number of carbonyl (C=O) groups is 3. The molecular weight excluding hydrogens is 315 g/mol. The Hall–Kier alpha value is -2.44. The molecule has 0 aliphatic carbocycles. The Morgan fingerprint density at radius 2 is 2.04 bits per heavy atom. The van der Waals surface area contributed by atoms with Crippen molar-refractivity contribution in [2.75, 3.05) is 19.7 Å². The van der Waals surface area contributed by atoms with E-state index in [1.165, 1.54) is 29.2 Å². The summed E-state index contributed by atoms with van der Waals surface area (Å²) in [7, 11) is 0. The largest absolute Gasteiger partial charge is 0.466 e. The molecule has 7 heteroatoms. The standard InChI is InChI=1S/C17H21FN2O4/c1-2-3-10-24-15(21)11-14-16(22)19-8-9-20(14)17(23)12-4-6-13(18)7-5-12/h4-7,14H,2-3,8-11H2,1H3,(H,19,22). The highest BCUT2D eigenvalue weighted by Crippen LogP contribution is 2.15. The molecule has 0 aromatic heterocycles. The highest BCUT2D eigenvalue weighted by Gasteiger charge is 2.35. The molecule has 0 radical (unpaired) electrons. The molecule has 1 aromatic rings. The average Bonchev–Trinajstić information content (AvgIpc) is 2.57. The number of halogens is 1. The van der Waals surface area contributed by atoms with Crippen LogP contribution in [0.3, 0.4) is 0 Å². The molecule has 2 rings (SSSR count). The first-order valence-corrected chi connectivity index (χ1v) is 8.02. The lowest BCUT2D eigenvalue weighted by Crippen LogP contribution is -2.57. The average molecular weight is 336 g/mol. The van der Waals surface area contributed by atoms with E-state index in [0.29, 0.717) is 13.2 Å². The summed E-state index contributed by atoms with van der Waals surface area (Å²) >= 11 is 0. The van der Waals surface area contributed by atoms with Crippen LogP contribution < -0.4 is 5.32 Å². The number of amides is 2. The second kappa shape index (κ2) is 8.42. The van der Waals surface area contributed by atoms with Crippen LogP contribution in [0.4, 0.5) is 4.39 Å². The van der Waals surface area contributed by atoms with Crippen LogP contribution in [0.5, 0.6) is 0 Å². The summed E-state index contributed by atoms with van der Waals surface area (Å²) in [6.07, 6.45) is 1.45. The number of rotatable bonds is 6. The van der Waals surface area contributed by atoms with Gasteiger partial charge in [-0.1, -0.05) is 13.3 Å². The maximum absolute atomic E-state index is 13.0. The van der Waals surface area contributed by atoms with Crippen molar-refractivity contribution in [2.24, 2.45) is 0 Å². The van der Waals surface area contributed by atoms with Gasteiger partial charge in [0.05, 0.1) is 13.0 Å². The fourth-order valence-corrected chi connectivity index (χ4v) is 2.47. The van der Waals surface area contributed by atoms with Crippen molar-refractivity contribution < 1.29 is 23.5 Å². The fourth-order valence-electron chi connectivity index (χ4n) is 2.47. The van der Waals surface area contributed by atoms with Crippen LogP contribution in [-0.4, -0.2) is 48.4 Å². The van der Waals surface area contributed by atoms with E-state index in [-0.39, 0.29) is 24.4 Å². The third-order valence-electron chi connectivity index (χ3n) is 3.80. The fraction of sp³-hybridized carbons (Fsp3) is 0.471. The molecule has 1 unspecified atom stereocenters. The van der Waals surface area contributed by atoms with Gasteiger partial charge in [0.2, 0.25) is 5.91 Å². The molecule has 0 saturated carbocycles. The molecule has 1 atom stereocenters. The first-order chi connectivity index (χ1) is 11.5. The minimum Gasteiger partial charge on any atom is -0.466 e. The minimum atomic E-state index is -0.912. The van der Waals surface area contributed by atoms with Crippen molar-refractivity contribution in [3.8, 4) is 0 Å². The van der Waals surface area contributed by atoms with Crippen LogP contribution in [0.2, 0.25) is 0 Å². The third-order valence-corrected chi connectivity index (χ3v) is 3.80. The van der Waals surface area contributed by atoms with Crippen LogP contribution in [0.15, 0.2) is 24.3 Å². The van der Waals surface area contributed by atoms with Gasteiger partial charge in [0.1, 0.15) is 11.9 Å². The van der Waals surface area contributed by atoms with Gasteiger partial charge in [-0.2, -0.15) is 0 Å². The first kappa shape index (κ1) is 17.9. The first-order valence-electron chi connectivity index (χ1n) is 8.02. The van der Waals surface area contributed by atoms with Gasteiger partial charge in [0, 0.05) is 18.7 Å². The van der Waals surface area contributed by atoms with Gasteiger partial charge in [-0.05, 0) is 30.7 Å². The van der Waals surface area contributed by atoms with Gasteiger partial charge in [-0.15, -0.1) is 0 Å². The van der Waals surface area contributed by atoms with E-state index in [2.05, 4.69) is 5.32 Å². The maximum atomic E-state index is 13.0. The molecule has 2 amide bonds. The number of hydrogen-bond acceptors (Lipinski definition) is 4. The maximum Gasteiger partial charge on any atom is 0.308 e. The van der Waals surface area contributed by atoms with E-state index in [0.717, 1.165) is 12.8 Å². The number of benzene rings is 1. The molecular formula is C17H21FN2O4. The van der Waals surface area contributed by atoms with Crippen molar-refractivity contribution >= 4 is 17.8 Å². The van der Waals surface area contributed by atoms with Crippen LogP contribution in [-0.2, 0) is 14.3 Å². The van der Waals surface area contributed by atoms with Crippen LogP contribution in [0.1, 0.15) is 36.5 Å². The topological polar surface area (TPSA) is 75.7 Å². The second-order valence-electron chi connectivity index (χ2n) is 5.59. The highest BCUT2D eigenvalue weighted by molar-refractivity contribution is 5.99. The summed E-state index contributed by atoms with van der Waals surface area (Å²) in [6, 6.07) is 4.18. The number of unbranched alkanes of at least 4 members (excludes halogenated alkanes) is 1. The third kappa shape index (κ3) is 4.53. The molecule has 1 aliphatic heterocycles. The Morgan fingerprint density at radius 1 is 1.33 bits per heavy atom. The molecule has 1 saturated heterocycles. The monoisotopic (exact) mass is 336 g/mol. The molecule has 0 spiro atoms. The van der Waals surface area contributed by atoms with E-state index in [9.17, 15) is 18.8 Å². The number of nitrogens with zero attached hydrogens (tertiary/aromatic N) is 1. The predicted molar refractivity (Wildman–Crippen MR) is 84.7 cm³/mol. The smallest absolute Gasteiger partial charge is 0.308 e. The van der Waals surface area contributed by atoms with Gasteiger partial charge in [0.25, 0.3) is 5.91 Å².